The fourth-order valence-electron chi connectivity index (χ4n) is 1.58. The van der Waals surface area contributed by atoms with Gasteiger partial charge < -0.3 is 15.2 Å². The van der Waals surface area contributed by atoms with Crippen molar-refractivity contribution >= 4 is 0 Å². The molecular weight excluding hydrogens is 180 g/mol. The smallest absolute Gasteiger partial charge is 0.129 e. The van der Waals surface area contributed by atoms with Crippen molar-refractivity contribution in [2.24, 2.45) is 5.73 Å². The second kappa shape index (κ2) is 3.20. The Morgan fingerprint density at radius 3 is 3.07 bits per heavy atom. The highest BCUT2D eigenvalue weighted by Crippen LogP contribution is 2.36. The van der Waals surface area contributed by atoms with E-state index in [0.29, 0.717) is 23.7 Å². The quantitative estimate of drug-likeness (QED) is 0.716. The first-order valence-corrected chi connectivity index (χ1v) is 4.26. The van der Waals surface area contributed by atoms with Crippen molar-refractivity contribution in [2.75, 3.05) is 13.7 Å². The third kappa shape index (κ3) is 1.19. The van der Waals surface area contributed by atoms with Gasteiger partial charge in [-0.25, -0.2) is 0 Å². The monoisotopic (exact) mass is 190 g/mol. The van der Waals surface area contributed by atoms with Crippen molar-refractivity contribution in [1.29, 1.82) is 5.26 Å². The molecule has 0 aromatic heterocycles. The van der Waals surface area contributed by atoms with Gasteiger partial charge in [-0.05, 0) is 6.07 Å². The normalized spacial score (nSPS) is 18.2. The number of hydrogen-bond acceptors (Lipinski definition) is 4. The molecule has 1 heterocycles. The third-order valence-corrected chi connectivity index (χ3v) is 2.26. The molecule has 0 amide bonds. The Hall–Kier alpha value is -1.73. The van der Waals surface area contributed by atoms with Crippen molar-refractivity contribution in [1.82, 2.24) is 0 Å². The Morgan fingerprint density at radius 1 is 1.64 bits per heavy atom. The van der Waals surface area contributed by atoms with Crippen molar-refractivity contribution in [3.8, 4) is 17.6 Å². The maximum atomic E-state index is 8.92. The lowest BCUT2D eigenvalue weighted by Crippen LogP contribution is -2.11. The summed E-state index contributed by atoms with van der Waals surface area (Å²) in [6.45, 7) is 0.428. The van der Waals surface area contributed by atoms with Crippen LogP contribution >= 0.6 is 0 Å². The Balaban J connectivity index is 2.60. The van der Waals surface area contributed by atoms with E-state index in [1.165, 1.54) is 0 Å². The van der Waals surface area contributed by atoms with E-state index in [2.05, 4.69) is 6.07 Å². The number of nitrogens with two attached hydrogens (primary N) is 1. The predicted molar refractivity (Wildman–Crippen MR) is 50.1 cm³/mol. The van der Waals surface area contributed by atoms with Gasteiger partial charge in [0, 0.05) is 11.6 Å². The Morgan fingerprint density at radius 2 is 2.43 bits per heavy atom. The molecule has 2 N–H and O–H groups in total. The molecule has 72 valence electrons. The molecule has 1 aliphatic rings. The lowest BCUT2D eigenvalue weighted by atomic mass is 10.0. The van der Waals surface area contributed by atoms with Gasteiger partial charge in [-0.3, -0.25) is 0 Å². The van der Waals surface area contributed by atoms with Crippen LogP contribution in [-0.2, 0) is 0 Å². The van der Waals surface area contributed by atoms with Gasteiger partial charge in [0.1, 0.15) is 18.1 Å². The first kappa shape index (κ1) is 8.85. The van der Waals surface area contributed by atoms with Crippen LogP contribution in [0.25, 0.3) is 0 Å². The van der Waals surface area contributed by atoms with Gasteiger partial charge in [0.25, 0.3) is 0 Å². The number of rotatable bonds is 1. The van der Waals surface area contributed by atoms with Crippen LogP contribution in [0, 0.1) is 11.3 Å². The molecule has 1 aromatic rings. The molecule has 0 saturated heterocycles. The van der Waals surface area contributed by atoms with Crippen molar-refractivity contribution in [3.05, 3.63) is 23.3 Å². The van der Waals surface area contributed by atoms with E-state index in [9.17, 15) is 0 Å². The standard InChI is InChI=1S/C10H10N2O2/c1-13-7-2-6(4-11)10-8(12)5-14-9(10)3-7/h2-3,8H,5,12H2,1H3. The zero-order valence-corrected chi connectivity index (χ0v) is 7.78. The van der Waals surface area contributed by atoms with Crippen LogP contribution in [0.4, 0.5) is 0 Å². The third-order valence-electron chi connectivity index (χ3n) is 2.26. The number of nitrogens with zero attached hydrogens (tertiary/aromatic N) is 1. The second-order valence-corrected chi connectivity index (χ2v) is 3.12. The van der Waals surface area contributed by atoms with Crippen LogP contribution in [0.1, 0.15) is 17.2 Å². The molecule has 0 aliphatic carbocycles. The van der Waals surface area contributed by atoms with Crippen molar-refractivity contribution in [3.63, 3.8) is 0 Å². The molecule has 14 heavy (non-hydrogen) atoms. The summed E-state index contributed by atoms with van der Waals surface area (Å²) >= 11 is 0. The Labute approximate surface area is 81.8 Å². The fourth-order valence-corrected chi connectivity index (χ4v) is 1.58. The minimum Gasteiger partial charge on any atom is -0.497 e. The van der Waals surface area contributed by atoms with E-state index in [1.807, 2.05) is 0 Å². The van der Waals surface area contributed by atoms with E-state index < -0.39 is 0 Å². The Bertz CT molecular complexity index is 409. The molecule has 0 fully saturated rings. The van der Waals surface area contributed by atoms with E-state index in [0.717, 1.165) is 5.56 Å². The number of benzene rings is 1. The summed E-state index contributed by atoms with van der Waals surface area (Å²) in [5, 5.41) is 8.92. The lowest BCUT2D eigenvalue weighted by molar-refractivity contribution is 0.331. The van der Waals surface area contributed by atoms with Crippen molar-refractivity contribution in [2.45, 2.75) is 6.04 Å². The number of fused-ring (bicyclic) bond motifs is 1. The summed E-state index contributed by atoms with van der Waals surface area (Å²) in [4.78, 5) is 0. The van der Waals surface area contributed by atoms with Gasteiger partial charge >= 0.3 is 0 Å². The van der Waals surface area contributed by atoms with Crippen LogP contribution in [0.3, 0.4) is 0 Å². The summed E-state index contributed by atoms with van der Waals surface area (Å²) in [6.07, 6.45) is 0. The Kier molecular flexibility index (Phi) is 2.02. The summed E-state index contributed by atoms with van der Waals surface area (Å²) in [5.41, 5.74) is 7.11. The molecule has 0 radical (unpaired) electrons. The van der Waals surface area contributed by atoms with E-state index in [-0.39, 0.29) is 6.04 Å². The van der Waals surface area contributed by atoms with Crippen molar-refractivity contribution < 1.29 is 9.47 Å². The molecule has 1 aliphatic heterocycles. The van der Waals surface area contributed by atoms with Crippen LogP contribution < -0.4 is 15.2 Å². The summed E-state index contributed by atoms with van der Waals surface area (Å²) in [5.74, 6) is 1.28. The second-order valence-electron chi connectivity index (χ2n) is 3.12. The molecule has 4 nitrogen and oxygen atoms in total. The molecule has 1 unspecified atom stereocenters. The zero-order chi connectivity index (χ0) is 10.1. The van der Waals surface area contributed by atoms with E-state index >= 15 is 0 Å². The van der Waals surface area contributed by atoms with E-state index in [1.54, 1.807) is 19.2 Å². The van der Waals surface area contributed by atoms with Crippen LogP contribution in [-0.4, -0.2) is 13.7 Å². The topological polar surface area (TPSA) is 68.3 Å². The van der Waals surface area contributed by atoms with Crippen LogP contribution in [0.15, 0.2) is 12.1 Å². The largest absolute Gasteiger partial charge is 0.497 e. The van der Waals surface area contributed by atoms with Crippen LogP contribution in [0.2, 0.25) is 0 Å². The molecule has 2 rings (SSSR count). The molecule has 1 atom stereocenters. The number of methoxy groups -OCH3 is 1. The van der Waals surface area contributed by atoms with Gasteiger partial charge in [-0.15, -0.1) is 0 Å². The lowest BCUT2D eigenvalue weighted by Gasteiger charge is -2.06. The highest BCUT2D eigenvalue weighted by atomic mass is 16.5. The highest BCUT2D eigenvalue weighted by molar-refractivity contribution is 5.55. The first-order chi connectivity index (χ1) is 6.76. The van der Waals surface area contributed by atoms with Crippen LogP contribution in [0.5, 0.6) is 11.5 Å². The van der Waals surface area contributed by atoms with Gasteiger partial charge in [-0.2, -0.15) is 5.26 Å². The SMILES string of the molecule is COc1cc(C#N)c2c(c1)OCC2N. The van der Waals surface area contributed by atoms with Gasteiger partial charge in [0.15, 0.2) is 0 Å². The summed E-state index contributed by atoms with van der Waals surface area (Å²) in [6, 6.07) is 5.32. The molecular formula is C10H10N2O2. The van der Waals surface area contributed by atoms with Gasteiger partial charge in [0.05, 0.1) is 24.8 Å². The molecule has 0 bridgehead atoms. The number of ether oxygens (including phenoxy) is 2. The summed E-state index contributed by atoms with van der Waals surface area (Å²) in [7, 11) is 1.55. The minimum absolute atomic E-state index is 0.203. The maximum absolute atomic E-state index is 8.92. The molecule has 0 saturated carbocycles. The fraction of sp³-hybridized carbons (Fsp3) is 0.300. The van der Waals surface area contributed by atoms with Gasteiger partial charge in [0.2, 0.25) is 0 Å². The minimum atomic E-state index is -0.203. The zero-order valence-electron chi connectivity index (χ0n) is 7.78. The highest BCUT2D eigenvalue weighted by Gasteiger charge is 2.25. The molecule has 1 aromatic carbocycles. The molecule has 0 spiro atoms. The number of hydrogen-bond donors (Lipinski definition) is 1. The van der Waals surface area contributed by atoms with Gasteiger partial charge in [-0.1, -0.05) is 0 Å². The van der Waals surface area contributed by atoms with E-state index in [4.69, 9.17) is 20.5 Å². The average Bonchev–Trinajstić information content (AvgIpc) is 2.59. The first-order valence-electron chi connectivity index (χ1n) is 4.26. The summed E-state index contributed by atoms with van der Waals surface area (Å²) < 4.78 is 10.4. The maximum Gasteiger partial charge on any atom is 0.129 e. The molecule has 4 heteroatoms. The predicted octanol–water partition coefficient (Wildman–Crippen LogP) is 0.959. The number of nitriles is 1. The average molecular weight is 190 g/mol.